The van der Waals surface area contributed by atoms with Crippen LogP contribution < -0.4 is 16.0 Å². The fourth-order valence-corrected chi connectivity index (χ4v) is 2.10. The molecule has 0 saturated carbocycles. The van der Waals surface area contributed by atoms with Crippen LogP contribution in [0.1, 0.15) is 41.0 Å². The van der Waals surface area contributed by atoms with Crippen LogP contribution in [0, 0.1) is 5.41 Å². The Labute approximate surface area is 144 Å². The van der Waals surface area contributed by atoms with Gasteiger partial charge in [-0.25, -0.2) is 4.79 Å². The van der Waals surface area contributed by atoms with E-state index in [0.717, 1.165) is 5.69 Å². The molecule has 5 N–H and O–H groups in total. The molecule has 6 heteroatoms. The van der Waals surface area contributed by atoms with E-state index in [9.17, 15) is 15.0 Å². The quantitative estimate of drug-likeness (QED) is 0.529. The number of hydrogen-bond donors (Lipinski definition) is 5. The first-order chi connectivity index (χ1) is 11.0. The molecule has 0 spiro atoms. The summed E-state index contributed by atoms with van der Waals surface area (Å²) < 4.78 is 0. The van der Waals surface area contributed by atoms with Gasteiger partial charge in [-0.15, -0.1) is 0 Å². The van der Waals surface area contributed by atoms with Gasteiger partial charge in [-0.05, 0) is 37.8 Å². The van der Waals surface area contributed by atoms with Crippen molar-refractivity contribution in [2.45, 2.75) is 52.7 Å². The Balaban J connectivity index is 2.69. The largest absolute Gasteiger partial charge is 0.394 e. The van der Waals surface area contributed by atoms with Crippen molar-refractivity contribution in [2.75, 3.05) is 23.8 Å². The molecule has 0 aromatic heterocycles. The van der Waals surface area contributed by atoms with Crippen LogP contribution in [0.5, 0.6) is 0 Å². The van der Waals surface area contributed by atoms with Gasteiger partial charge < -0.3 is 26.2 Å². The Morgan fingerprint density at radius 2 is 1.71 bits per heavy atom. The Morgan fingerprint density at radius 3 is 2.21 bits per heavy atom. The van der Waals surface area contributed by atoms with E-state index in [4.69, 9.17) is 0 Å². The summed E-state index contributed by atoms with van der Waals surface area (Å²) in [7, 11) is 0. The van der Waals surface area contributed by atoms with Gasteiger partial charge in [0.15, 0.2) is 0 Å². The van der Waals surface area contributed by atoms with Gasteiger partial charge in [-0.2, -0.15) is 0 Å². The van der Waals surface area contributed by atoms with Gasteiger partial charge in [0.05, 0.1) is 29.6 Å². The summed E-state index contributed by atoms with van der Waals surface area (Å²) in [5.41, 5.74) is 0.453. The standard InChI is InChI=1S/C18H31N3O3/c1-17(2,3)15(12-22)21-16(23)20-14-9-7-6-8-13(14)19-11-10-18(4,5)24/h6-9,15,19,22,24H,10-12H2,1-5H3,(H2,20,21,23)/t15-/m1/s1. The molecule has 2 amide bonds. The first-order valence-electron chi connectivity index (χ1n) is 8.26. The Kier molecular flexibility index (Phi) is 7.05. The van der Waals surface area contributed by atoms with Crippen molar-refractivity contribution in [2.24, 2.45) is 5.41 Å². The monoisotopic (exact) mass is 337 g/mol. The predicted octanol–water partition coefficient (Wildman–Crippen LogP) is 2.79. The van der Waals surface area contributed by atoms with Crippen LogP contribution in [0.3, 0.4) is 0 Å². The molecule has 0 bridgehead atoms. The number of urea groups is 1. The molecule has 6 nitrogen and oxygen atoms in total. The van der Waals surface area contributed by atoms with Crippen molar-refractivity contribution in [3.8, 4) is 0 Å². The summed E-state index contributed by atoms with van der Waals surface area (Å²) in [4.78, 5) is 12.2. The number of hydrogen-bond acceptors (Lipinski definition) is 4. The SMILES string of the molecule is CC(C)(O)CCNc1ccccc1NC(=O)N[C@H](CO)C(C)(C)C. The summed E-state index contributed by atoms with van der Waals surface area (Å²) in [6, 6.07) is 6.68. The number of aliphatic hydroxyl groups excluding tert-OH is 1. The van der Waals surface area contributed by atoms with E-state index in [-0.39, 0.29) is 24.1 Å². The molecular formula is C18H31N3O3. The Bertz CT molecular complexity index is 533. The van der Waals surface area contributed by atoms with E-state index in [1.54, 1.807) is 19.9 Å². The van der Waals surface area contributed by atoms with Crippen molar-refractivity contribution in [1.82, 2.24) is 5.32 Å². The average molecular weight is 337 g/mol. The predicted molar refractivity (Wildman–Crippen MR) is 98.3 cm³/mol. The lowest BCUT2D eigenvalue weighted by molar-refractivity contribution is 0.0749. The lowest BCUT2D eigenvalue weighted by atomic mass is 9.87. The van der Waals surface area contributed by atoms with Crippen LogP contribution in [0.2, 0.25) is 0 Å². The molecule has 1 rings (SSSR count). The third-order valence-corrected chi connectivity index (χ3v) is 3.76. The first-order valence-corrected chi connectivity index (χ1v) is 8.26. The van der Waals surface area contributed by atoms with Crippen LogP contribution >= 0.6 is 0 Å². The minimum Gasteiger partial charge on any atom is -0.394 e. The van der Waals surface area contributed by atoms with E-state index in [0.29, 0.717) is 18.7 Å². The van der Waals surface area contributed by atoms with Gasteiger partial charge in [-0.3, -0.25) is 0 Å². The van der Waals surface area contributed by atoms with Gasteiger partial charge in [0.2, 0.25) is 0 Å². The normalized spacial score (nSPS) is 13.3. The summed E-state index contributed by atoms with van der Waals surface area (Å²) in [5, 5.41) is 28.0. The number of carbonyl (C=O) groups excluding carboxylic acids is 1. The first kappa shape index (κ1) is 20.3. The Hall–Kier alpha value is -1.79. The highest BCUT2D eigenvalue weighted by Gasteiger charge is 2.25. The molecule has 0 aliphatic rings. The number of aliphatic hydroxyl groups is 2. The van der Waals surface area contributed by atoms with Gasteiger partial charge in [0.1, 0.15) is 0 Å². The van der Waals surface area contributed by atoms with E-state index in [2.05, 4.69) is 16.0 Å². The summed E-state index contributed by atoms with van der Waals surface area (Å²) in [5.74, 6) is 0. The number of anilines is 2. The zero-order valence-electron chi connectivity index (χ0n) is 15.3. The fourth-order valence-electron chi connectivity index (χ4n) is 2.10. The second-order valence-corrected chi connectivity index (χ2v) is 7.73. The van der Waals surface area contributed by atoms with Crippen molar-refractivity contribution >= 4 is 17.4 Å². The minimum atomic E-state index is -0.742. The maximum atomic E-state index is 12.2. The molecular weight excluding hydrogens is 306 g/mol. The molecule has 1 aromatic rings. The average Bonchev–Trinajstić information content (AvgIpc) is 2.44. The second-order valence-electron chi connectivity index (χ2n) is 7.73. The maximum absolute atomic E-state index is 12.2. The van der Waals surface area contributed by atoms with Crippen LogP contribution in [-0.2, 0) is 0 Å². The van der Waals surface area contributed by atoms with Gasteiger partial charge in [0, 0.05) is 6.54 Å². The molecule has 0 heterocycles. The highest BCUT2D eigenvalue weighted by Crippen LogP contribution is 2.22. The molecule has 0 unspecified atom stereocenters. The zero-order chi connectivity index (χ0) is 18.4. The molecule has 0 fully saturated rings. The zero-order valence-corrected chi connectivity index (χ0v) is 15.3. The fraction of sp³-hybridized carbons (Fsp3) is 0.611. The van der Waals surface area contributed by atoms with Crippen LogP contribution in [0.15, 0.2) is 24.3 Å². The number of benzene rings is 1. The third-order valence-electron chi connectivity index (χ3n) is 3.76. The van der Waals surface area contributed by atoms with Crippen molar-refractivity contribution in [1.29, 1.82) is 0 Å². The van der Waals surface area contributed by atoms with Gasteiger partial charge in [0.25, 0.3) is 0 Å². The summed E-state index contributed by atoms with van der Waals surface area (Å²) in [6.07, 6.45) is 0.587. The second kappa shape index (κ2) is 8.35. The summed E-state index contributed by atoms with van der Waals surface area (Å²) in [6.45, 7) is 9.86. The van der Waals surface area contributed by atoms with E-state index >= 15 is 0 Å². The molecule has 24 heavy (non-hydrogen) atoms. The molecule has 0 aliphatic heterocycles. The molecule has 1 aromatic carbocycles. The smallest absolute Gasteiger partial charge is 0.319 e. The lowest BCUT2D eigenvalue weighted by Crippen LogP contribution is -2.47. The number of nitrogens with one attached hydrogen (secondary N) is 3. The summed E-state index contributed by atoms with van der Waals surface area (Å²) >= 11 is 0. The van der Waals surface area contributed by atoms with Crippen LogP contribution in [0.25, 0.3) is 0 Å². The molecule has 0 radical (unpaired) electrons. The van der Waals surface area contributed by atoms with E-state index < -0.39 is 5.60 Å². The topological polar surface area (TPSA) is 93.6 Å². The van der Waals surface area contributed by atoms with Gasteiger partial charge >= 0.3 is 6.03 Å². The molecule has 0 saturated heterocycles. The van der Waals surface area contributed by atoms with Crippen LogP contribution in [-0.4, -0.2) is 41.0 Å². The van der Waals surface area contributed by atoms with Gasteiger partial charge in [-0.1, -0.05) is 32.9 Å². The number of amides is 2. The van der Waals surface area contributed by atoms with Crippen molar-refractivity contribution in [3.63, 3.8) is 0 Å². The highest BCUT2D eigenvalue weighted by atomic mass is 16.3. The number of para-hydroxylation sites is 2. The van der Waals surface area contributed by atoms with Crippen LogP contribution in [0.4, 0.5) is 16.2 Å². The third kappa shape index (κ3) is 7.19. The van der Waals surface area contributed by atoms with E-state index in [1.165, 1.54) is 0 Å². The lowest BCUT2D eigenvalue weighted by Gasteiger charge is -2.30. The Morgan fingerprint density at radius 1 is 1.12 bits per heavy atom. The van der Waals surface area contributed by atoms with E-state index in [1.807, 2.05) is 39.0 Å². The highest BCUT2D eigenvalue weighted by molar-refractivity contribution is 5.93. The minimum absolute atomic E-state index is 0.123. The number of carbonyl (C=O) groups is 1. The molecule has 1 atom stereocenters. The van der Waals surface area contributed by atoms with Crippen molar-refractivity contribution in [3.05, 3.63) is 24.3 Å². The molecule has 136 valence electrons. The van der Waals surface area contributed by atoms with Crippen molar-refractivity contribution < 1.29 is 15.0 Å². The maximum Gasteiger partial charge on any atom is 0.319 e. The molecule has 0 aliphatic carbocycles. The number of rotatable bonds is 7.